The Hall–Kier alpha value is -17.3. The van der Waals surface area contributed by atoms with Gasteiger partial charge in [0.2, 0.25) is 0 Å². The van der Waals surface area contributed by atoms with Crippen LogP contribution < -0.4 is 39.9 Å². The quantitative estimate of drug-likeness (QED) is 0.110. The van der Waals surface area contributed by atoms with E-state index in [9.17, 15) is 0 Å². The summed E-state index contributed by atoms with van der Waals surface area (Å²) >= 11 is 0. The zero-order chi connectivity index (χ0) is 94.8. The van der Waals surface area contributed by atoms with Crippen molar-refractivity contribution in [1.29, 1.82) is 0 Å². The first-order chi connectivity index (χ1) is 71.3. The Morgan fingerprint density at radius 2 is 0.243 bits per heavy atom. The molecule has 0 fully saturated rings. The molecule has 148 heavy (non-hydrogen) atoms. The molecule has 32 bridgehead atoms. The number of hydrogen-bond acceptors (Lipinski definition) is 8. The minimum atomic E-state index is 0. The fourth-order valence-corrected chi connectivity index (χ4v) is 21.0. The first-order valence-electron chi connectivity index (χ1n) is 47.9. The van der Waals surface area contributed by atoms with E-state index in [0.29, 0.717) is 145 Å². The smallest absolute Gasteiger partial charge is 0.657 e. The van der Waals surface area contributed by atoms with Gasteiger partial charge >= 0.3 is 77.9 Å². The summed E-state index contributed by atoms with van der Waals surface area (Å²) < 4.78 is 0. The summed E-state index contributed by atoms with van der Waals surface area (Å²) in [6.45, 7) is 0. The van der Waals surface area contributed by atoms with Gasteiger partial charge in [-0.15, -0.1) is 88.3 Å². The molecule has 20 heteroatoms. The molecule has 0 unspecified atom stereocenters. The van der Waals surface area contributed by atoms with Crippen LogP contribution in [-0.4, -0.2) is 39.9 Å². The number of benzene rings is 8. The van der Waals surface area contributed by atoms with Gasteiger partial charge in [-0.2, -0.15) is 0 Å². The molecule has 0 radical (unpaired) electrons. The van der Waals surface area contributed by atoms with Crippen LogP contribution in [0.25, 0.3) is 308 Å². The van der Waals surface area contributed by atoms with Crippen LogP contribution in [0.1, 0.15) is 91.1 Å². The minimum absolute atomic E-state index is 0. The van der Waals surface area contributed by atoms with Crippen molar-refractivity contribution in [2.24, 2.45) is 0 Å². The maximum atomic E-state index is 5.96. The van der Waals surface area contributed by atoms with Gasteiger partial charge in [0.15, 0.2) is 0 Å². The zero-order valence-electron chi connectivity index (χ0n) is 79.7. The van der Waals surface area contributed by atoms with Gasteiger partial charge in [-0.25, -0.2) is 39.9 Å². The van der Waals surface area contributed by atoms with E-state index in [1.54, 1.807) is 0 Å². The maximum Gasteiger partial charge on any atom is 2.00 e. The second kappa shape index (κ2) is 39.0. The summed E-state index contributed by atoms with van der Waals surface area (Å²) in [5.74, 6) is 0. The topological polar surface area (TPSA) is 216 Å². The third-order valence-corrected chi connectivity index (χ3v) is 27.3. The summed E-state index contributed by atoms with van der Waals surface area (Å²) in [5, 5.41) is 0. The van der Waals surface area contributed by atoms with Crippen LogP contribution in [0.5, 0.6) is 0 Å². The Balaban J connectivity index is 0.00000292. The van der Waals surface area contributed by atoms with Crippen LogP contribution in [0, 0.1) is 0 Å². The van der Waals surface area contributed by atoms with E-state index in [0.717, 1.165) is 156 Å². The number of aromatic nitrogens is 16. The molecular formula is C128H74N16Zn4. The Bertz CT molecular complexity index is 9130. The summed E-state index contributed by atoms with van der Waals surface area (Å²) in [5.41, 5.74) is 40.2. The number of hydrogen-bond donors (Lipinski definition) is 0. The van der Waals surface area contributed by atoms with Gasteiger partial charge in [0, 0.05) is 0 Å². The molecule has 0 aliphatic carbocycles. The van der Waals surface area contributed by atoms with Crippen molar-refractivity contribution in [3.63, 3.8) is 0 Å². The molecule has 0 saturated heterocycles. The van der Waals surface area contributed by atoms with E-state index in [1.165, 1.54) is 0 Å². The Morgan fingerprint density at radius 1 is 0.115 bits per heavy atom. The van der Waals surface area contributed by atoms with Gasteiger partial charge in [0.1, 0.15) is 0 Å². The van der Waals surface area contributed by atoms with Crippen molar-refractivity contribution in [1.82, 2.24) is 79.7 Å². The van der Waals surface area contributed by atoms with Crippen molar-refractivity contribution < 1.29 is 77.9 Å². The molecule has 8 aromatic carbocycles. The van der Waals surface area contributed by atoms with E-state index in [-0.39, 0.29) is 77.9 Å². The van der Waals surface area contributed by atoms with E-state index < -0.39 is 0 Å². The standard InChI is InChI=1S/C128H74N16.4Zn/c1-9-25-75(26-10-1)115-87-45-41-83(129-87)73-84-42-46-88(130-84)116(76-27-11-2-12-28-76)92-50-62-104(134-92)123(103-61-49-91(115)133-103)125-107-65-53-95(137-107)119(79-33-17-5-18-34-79)99-57-69-111(141-99)127(112-70-58-100(142-112)120(80-35-19-6-20-36-80)96-54-66-108(125)138-96)128-113-71-59-101(143-113)121(81-37-21-7-22-38-81)97-55-67-109(139-97)126(110-68-56-98(140-110)122(82-39-23-8-24-40-82)102-60-72-114(128)144-102)124-105-63-51-93(135-105)117(77-29-13-3-14-30-77)89-47-43-85(131-89)74-86-44-48-90(132-86)118(78-31-15-4-16-32-78)94-52-64-106(124)136-94;;;;/h1-74H;;;;/q-8;4*+2. The molecule has 28 rings (SSSR count). The summed E-state index contributed by atoms with van der Waals surface area (Å²) in [4.78, 5) is 91.9. The van der Waals surface area contributed by atoms with Crippen LogP contribution in [0.15, 0.2) is 352 Å². The third-order valence-electron chi connectivity index (χ3n) is 27.3. The number of rotatable bonds is 11. The molecule has 0 atom stereocenters. The average molecular weight is 2100 g/mol. The van der Waals surface area contributed by atoms with E-state index in [1.807, 2.05) is 84.9 Å². The molecule has 0 amide bonds. The molecule has 0 saturated carbocycles. The van der Waals surface area contributed by atoms with E-state index in [2.05, 4.69) is 364 Å². The van der Waals surface area contributed by atoms with Gasteiger partial charge in [-0.1, -0.05) is 352 Å². The van der Waals surface area contributed by atoms with Crippen molar-refractivity contribution in [2.75, 3.05) is 0 Å². The Kier molecular flexibility index (Phi) is 24.5. The van der Waals surface area contributed by atoms with E-state index in [4.69, 9.17) is 79.7 Å². The first kappa shape index (κ1) is 93.0. The molecule has 0 N–H and O–H groups in total. The van der Waals surface area contributed by atoms with Gasteiger partial charge in [-0.05, 0) is 220 Å². The SMILES string of the molecule is C1=Cc2nc1cc1ccc([n-]1)c(-c1ccccc1)c1nc(c(-c3c4nc(c(-c5ccccc5)c5ccc([n-]5)c(-c5c6nc(c(-c7ccccc7)c7ccc([n-]7)c(-c7c8nc(c(-c9ccccc9)c9ccc(cc%10nc(c(-c%11ccccc%11)c%11ccc7[n-]%11)C=C%10)[n-]9)C=C8)c7nc(c(-c8ccccc8)c8ccc5[n-]8)C=C7)C=C6)c5nc(c(-c6ccccc6)c6ccc3[n-]6)C=C5)C=C4)c3ccc([n-]3)c2-c2ccccc2)C=C1.[Zn+2].[Zn+2].[Zn+2].[Zn+2]. The molecule has 16 nitrogen and oxygen atoms in total. The molecule has 8 aliphatic rings. The van der Waals surface area contributed by atoms with Crippen molar-refractivity contribution in [3.05, 3.63) is 443 Å². The molecule has 0 spiro atoms. The minimum Gasteiger partial charge on any atom is -0.657 e. The average Bonchev–Trinajstić information content (AvgIpc) is 1.59. The Labute approximate surface area is 900 Å². The maximum absolute atomic E-state index is 5.96. The summed E-state index contributed by atoms with van der Waals surface area (Å²) in [6.07, 6.45) is 33.4. The molecule has 674 valence electrons. The van der Waals surface area contributed by atoms with Gasteiger partial charge in [0.25, 0.3) is 0 Å². The van der Waals surface area contributed by atoms with Crippen LogP contribution in [-0.2, 0) is 77.9 Å². The van der Waals surface area contributed by atoms with Gasteiger partial charge < -0.3 is 39.9 Å². The molecule has 20 heterocycles. The first-order valence-corrected chi connectivity index (χ1v) is 47.9. The summed E-state index contributed by atoms with van der Waals surface area (Å²) in [6, 6.07) is 121. The van der Waals surface area contributed by atoms with Crippen LogP contribution in [0.3, 0.4) is 0 Å². The fraction of sp³-hybridized carbons (Fsp3) is 0. The van der Waals surface area contributed by atoms with Crippen molar-refractivity contribution in [3.8, 4) is 122 Å². The fourth-order valence-electron chi connectivity index (χ4n) is 21.0. The molecular weight excluding hydrogens is 2020 g/mol. The molecule has 20 aromatic rings. The van der Waals surface area contributed by atoms with E-state index >= 15 is 0 Å². The molecule has 12 aromatic heterocycles. The van der Waals surface area contributed by atoms with Crippen LogP contribution in [0.4, 0.5) is 0 Å². The predicted octanol–water partition coefficient (Wildman–Crippen LogP) is 28.9. The monoisotopic (exact) mass is 2090 g/mol. The number of fused-ring (bicyclic) bond motifs is 32. The molecule has 8 aliphatic heterocycles. The zero-order valence-corrected chi connectivity index (χ0v) is 91.6. The van der Waals surface area contributed by atoms with Gasteiger partial charge in [0.05, 0.1) is 91.1 Å². The van der Waals surface area contributed by atoms with Crippen LogP contribution in [0.2, 0.25) is 0 Å². The Morgan fingerprint density at radius 3 is 0.412 bits per heavy atom. The van der Waals surface area contributed by atoms with Crippen molar-refractivity contribution >= 4 is 185 Å². The summed E-state index contributed by atoms with van der Waals surface area (Å²) in [7, 11) is 0. The van der Waals surface area contributed by atoms with Gasteiger partial charge in [-0.3, -0.25) is 0 Å². The predicted molar refractivity (Wildman–Crippen MR) is 588 cm³/mol. The number of nitrogens with zero attached hydrogens (tertiary/aromatic N) is 16. The normalized spacial score (nSPS) is 12.3. The second-order valence-electron chi connectivity index (χ2n) is 36.1. The third kappa shape index (κ3) is 16.7. The largest absolute Gasteiger partial charge is 2.00 e. The van der Waals surface area contributed by atoms with Crippen molar-refractivity contribution in [2.45, 2.75) is 0 Å². The van der Waals surface area contributed by atoms with Crippen LogP contribution >= 0.6 is 0 Å². The second-order valence-corrected chi connectivity index (χ2v) is 36.1.